The van der Waals surface area contributed by atoms with Crippen molar-refractivity contribution in [2.45, 2.75) is 25.7 Å². The van der Waals surface area contributed by atoms with Gasteiger partial charge in [-0.15, -0.1) is 0 Å². The van der Waals surface area contributed by atoms with Gasteiger partial charge in [0.1, 0.15) is 0 Å². The van der Waals surface area contributed by atoms with Gasteiger partial charge in [0, 0.05) is 5.92 Å². The normalized spacial score (nSPS) is 22.6. The summed E-state index contributed by atoms with van der Waals surface area (Å²) in [4.78, 5) is 0. The van der Waals surface area contributed by atoms with Crippen molar-refractivity contribution >= 4 is 0 Å². The molecule has 6 rings (SSSR count). The van der Waals surface area contributed by atoms with Crippen LogP contribution in [0.2, 0.25) is 0 Å². The summed E-state index contributed by atoms with van der Waals surface area (Å²) < 4.78 is 34.6. The van der Waals surface area contributed by atoms with Crippen LogP contribution in [0.4, 0.5) is 0 Å². The zero-order valence-electron chi connectivity index (χ0n) is 18.3. The SMILES string of the molecule is c1ccc(COC2OC[C@@H](Cc3ccc4c(c3)OCO4)[C@@H]2Cc2ccc3c(c2)OCO3)cc1. The number of hydrogen-bond acceptors (Lipinski definition) is 6. The van der Waals surface area contributed by atoms with Gasteiger partial charge in [0.05, 0.1) is 13.2 Å². The van der Waals surface area contributed by atoms with E-state index < -0.39 is 0 Å². The quantitative estimate of drug-likeness (QED) is 0.523. The van der Waals surface area contributed by atoms with E-state index in [9.17, 15) is 0 Å². The molecule has 1 saturated heterocycles. The summed E-state index contributed by atoms with van der Waals surface area (Å²) in [6, 6.07) is 22.6. The van der Waals surface area contributed by atoms with Crippen LogP contribution < -0.4 is 18.9 Å². The largest absolute Gasteiger partial charge is 0.454 e. The first-order chi connectivity index (χ1) is 16.3. The van der Waals surface area contributed by atoms with Crippen LogP contribution in [-0.4, -0.2) is 26.5 Å². The number of ether oxygens (including phenoxy) is 6. The Bertz CT molecular complexity index is 1110. The molecule has 0 amide bonds. The second kappa shape index (κ2) is 8.96. The Morgan fingerprint density at radius 2 is 1.30 bits per heavy atom. The summed E-state index contributed by atoms with van der Waals surface area (Å²) in [6.45, 7) is 1.75. The van der Waals surface area contributed by atoms with E-state index in [1.807, 2.05) is 30.3 Å². The Labute approximate surface area is 192 Å². The van der Waals surface area contributed by atoms with Gasteiger partial charge in [-0.1, -0.05) is 42.5 Å². The van der Waals surface area contributed by atoms with E-state index in [4.69, 9.17) is 28.4 Å². The summed E-state index contributed by atoms with van der Waals surface area (Å²) in [7, 11) is 0. The van der Waals surface area contributed by atoms with Crippen molar-refractivity contribution in [3.8, 4) is 23.0 Å². The first-order valence-corrected chi connectivity index (χ1v) is 11.4. The molecule has 0 aliphatic carbocycles. The van der Waals surface area contributed by atoms with Crippen LogP contribution in [-0.2, 0) is 28.9 Å². The van der Waals surface area contributed by atoms with Gasteiger partial charge in [0.2, 0.25) is 13.6 Å². The van der Waals surface area contributed by atoms with Crippen LogP contribution in [0.5, 0.6) is 23.0 Å². The molecule has 0 N–H and O–H groups in total. The maximum atomic E-state index is 6.29. The van der Waals surface area contributed by atoms with E-state index in [-0.39, 0.29) is 25.8 Å². The molecule has 3 aromatic carbocycles. The van der Waals surface area contributed by atoms with Gasteiger partial charge in [-0.05, 0) is 59.7 Å². The molecule has 3 aliphatic rings. The minimum absolute atomic E-state index is 0.208. The van der Waals surface area contributed by atoms with Gasteiger partial charge in [-0.2, -0.15) is 0 Å². The Morgan fingerprint density at radius 1 is 0.667 bits per heavy atom. The molecule has 1 fully saturated rings. The van der Waals surface area contributed by atoms with Gasteiger partial charge in [0.25, 0.3) is 0 Å². The molecule has 0 bridgehead atoms. The lowest BCUT2D eigenvalue weighted by molar-refractivity contribution is -0.138. The predicted octanol–water partition coefficient (Wildman–Crippen LogP) is 4.73. The van der Waals surface area contributed by atoms with E-state index in [2.05, 4.69) is 36.4 Å². The Morgan fingerprint density at radius 3 is 2.00 bits per heavy atom. The highest BCUT2D eigenvalue weighted by atomic mass is 16.7. The van der Waals surface area contributed by atoms with Crippen molar-refractivity contribution in [3.63, 3.8) is 0 Å². The number of rotatable bonds is 7. The number of fused-ring (bicyclic) bond motifs is 2. The lowest BCUT2D eigenvalue weighted by atomic mass is 9.84. The van der Waals surface area contributed by atoms with Crippen LogP contribution in [0.1, 0.15) is 16.7 Å². The zero-order valence-corrected chi connectivity index (χ0v) is 18.3. The molecular weight excluding hydrogens is 420 g/mol. The highest BCUT2D eigenvalue weighted by molar-refractivity contribution is 5.45. The van der Waals surface area contributed by atoms with Gasteiger partial charge >= 0.3 is 0 Å². The van der Waals surface area contributed by atoms with E-state index in [1.165, 1.54) is 11.1 Å². The van der Waals surface area contributed by atoms with E-state index in [0.29, 0.717) is 19.1 Å². The maximum Gasteiger partial charge on any atom is 0.231 e. The molecule has 0 saturated carbocycles. The van der Waals surface area contributed by atoms with Crippen molar-refractivity contribution in [3.05, 3.63) is 83.4 Å². The number of benzene rings is 3. The molecule has 3 aromatic rings. The maximum absolute atomic E-state index is 6.29. The Kier molecular flexibility index (Phi) is 5.54. The van der Waals surface area contributed by atoms with Crippen LogP contribution in [0.25, 0.3) is 0 Å². The molecule has 1 unspecified atom stereocenters. The molecule has 3 atom stereocenters. The summed E-state index contributed by atoms with van der Waals surface area (Å²) >= 11 is 0. The van der Waals surface area contributed by atoms with Gasteiger partial charge < -0.3 is 28.4 Å². The standard InChI is InChI=1S/C27H26O6/c1-2-4-18(5-3-1)14-28-27-22(11-20-7-9-24-26(13-20)33-17-31-24)21(15-29-27)10-19-6-8-23-25(12-19)32-16-30-23/h1-9,12-13,21-22,27H,10-11,14-17H2/t21-,22+,27?/m1/s1. The zero-order chi connectivity index (χ0) is 22.0. The van der Waals surface area contributed by atoms with Crippen molar-refractivity contribution in [2.24, 2.45) is 11.8 Å². The Hall–Kier alpha value is -3.22. The average molecular weight is 446 g/mol. The summed E-state index contributed by atoms with van der Waals surface area (Å²) in [5.41, 5.74) is 3.55. The minimum Gasteiger partial charge on any atom is -0.454 e. The summed E-state index contributed by atoms with van der Waals surface area (Å²) in [5, 5.41) is 0. The predicted molar refractivity (Wildman–Crippen MR) is 120 cm³/mol. The van der Waals surface area contributed by atoms with Crippen molar-refractivity contribution < 1.29 is 28.4 Å². The van der Waals surface area contributed by atoms with Gasteiger partial charge in [0.15, 0.2) is 29.3 Å². The van der Waals surface area contributed by atoms with E-state index in [1.54, 1.807) is 0 Å². The van der Waals surface area contributed by atoms with Crippen molar-refractivity contribution in [2.75, 3.05) is 20.2 Å². The summed E-state index contributed by atoms with van der Waals surface area (Å²) in [6.07, 6.45) is 1.46. The lowest BCUT2D eigenvalue weighted by Gasteiger charge is -2.24. The third-order valence-electron chi connectivity index (χ3n) is 6.53. The van der Waals surface area contributed by atoms with Crippen LogP contribution in [0.3, 0.4) is 0 Å². The van der Waals surface area contributed by atoms with Crippen LogP contribution in [0.15, 0.2) is 66.7 Å². The summed E-state index contributed by atoms with van der Waals surface area (Å²) in [5.74, 6) is 3.75. The van der Waals surface area contributed by atoms with Crippen LogP contribution >= 0.6 is 0 Å². The van der Waals surface area contributed by atoms with Crippen molar-refractivity contribution in [1.82, 2.24) is 0 Å². The minimum atomic E-state index is -0.269. The highest BCUT2D eigenvalue weighted by Gasteiger charge is 2.38. The smallest absolute Gasteiger partial charge is 0.231 e. The average Bonchev–Trinajstić information content (AvgIpc) is 3.59. The molecule has 33 heavy (non-hydrogen) atoms. The molecule has 6 nitrogen and oxygen atoms in total. The molecule has 0 radical (unpaired) electrons. The third kappa shape index (κ3) is 4.36. The molecule has 0 spiro atoms. The van der Waals surface area contributed by atoms with Gasteiger partial charge in [-0.25, -0.2) is 0 Å². The second-order valence-corrected chi connectivity index (χ2v) is 8.71. The molecular formula is C27H26O6. The molecule has 6 heteroatoms. The monoisotopic (exact) mass is 446 g/mol. The third-order valence-corrected chi connectivity index (χ3v) is 6.53. The van der Waals surface area contributed by atoms with E-state index >= 15 is 0 Å². The molecule has 3 aliphatic heterocycles. The topological polar surface area (TPSA) is 55.4 Å². The molecule has 0 aromatic heterocycles. The molecule has 3 heterocycles. The first-order valence-electron chi connectivity index (χ1n) is 11.4. The van der Waals surface area contributed by atoms with E-state index in [0.717, 1.165) is 41.4 Å². The number of hydrogen-bond donors (Lipinski definition) is 0. The van der Waals surface area contributed by atoms with Gasteiger partial charge in [-0.3, -0.25) is 0 Å². The highest BCUT2D eigenvalue weighted by Crippen LogP contribution is 2.39. The lowest BCUT2D eigenvalue weighted by Crippen LogP contribution is -2.26. The Balaban J connectivity index is 1.21. The second-order valence-electron chi connectivity index (χ2n) is 8.71. The molecule has 170 valence electrons. The van der Waals surface area contributed by atoms with Crippen LogP contribution in [0, 0.1) is 11.8 Å². The van der Waals surface area contributed by atoms with Crippen molar-refractivity contribution in [1.29, 1.82) is 0 Å². The fourth-order valence-corrected chi connectivity index (χ4v) is 4.80. The fraction of sp³-hybridized carbons (Fsp3) is 0.333. The first kappa shape index (κ1) is 20.4. The fourth-order valence-electron chi connectivity index (χ4n) is 4.80.